The molecule has 0 aliphatic carbocycles. The Morgan fingerprint density at radius 2 is 2.30 bits per heavy atom. The summed E-state index contributed by atoms with van der Waals surface area (Å²) >= 11 is 5.97. The maximum absolute atomic E-state index is 13.9. The fraction of sp³-hybridized carbons (Fsp3) is 0.500. The molecule has 1 atom stereocenters. The van der Waals surface area contributed by atoms with Crippen LogP contribution in [0.2, 0.25) is 5.02 Å². The SMILES string of the molecule is CN(C)CC1COCCN1C(=O)c1c(F)cccc1Cl. The predicted molar refractivity (Wildman–Crippen MR) is 75.6 cm³/mol. The third-order valence-corrected chi connectivity index (χ3v) is 3.56. The zero-order valence-electron chi connectivity index (χ0n) is 11.6. The summed E-state index contributed by atoms with van der Waals surface area (Å²) in [6.45, 7) is 2.03. The first-order valence-electron chi connectivity index (χ1n) is 6.48. The monoisotopic (exact) mass is 300 g/mol. The molecule has 0 spiro atoms. The van der Waals surface area contributed by atoms with Gasteiger partial charge in [-0.1, -0.05) is 17.7 Å². The Labute approximate surface area is 123 Å². The van der Waals surface area contributed by atoms with Gasteiger partial charge in [-0.2, -0.15) is 0 Å². The highest BCUT2D eigenvalue weighted by atomic mass is 35.5. The van der Waals surface area contributed by atoms with E-state index in [4.69, 9.17) is 16.3 Å². The Bertz CT molecular complexity index is 476. The molecule has 1 amide bonds. The highest BCUT2D eigenvalue weighted by Crippen LogP contribution is 2.22. The molecular weight excluding hydrogens is 283 g/mol. The Kier molecular flexibility index (Phi) is 4.96. The van der Waals surface area contributed by atoms with Crippen molar-refractivity contribution in [1.82, 2.24) is 9.80 Å². The van der Waals surface area contributed by atoms with Gasteiger partial charge in [0.2, 0.25) is 0 Å². The molecule has 6 heteroatoms. The first-order chi connectivity index (χ1) is 9.50. The van der Waals surface area contributed by atoms with Gasteiger partial charge in [0.05, 0.1) is 29.8 Å². The van der Waals surface area contributed by atoms with Crippen molar-refractivity contribution in [2.45, 2.75) is 6.04 Å². The van der Waals surface area contributed by atoms with Crippen molar-refractivity contribution < 1.29 is 13.9 Å². The van der Waals surface area contributed by atoms with E-state index < -0.39 is 5.82 Å². The van der Waals surface area contributed by atoms with Gasteiger partial charge in [0.25, 0.3) is 5.91 Å². The summed E-state index contributed by atoms with van der Waals surface area (Å²) in [7, 11) is 3.85. The second-order valence-electron chi connectivity index (χ2n) is 5.09. The molecule has 0 saturated carbocycles. The highest BCUT2D eigenvalue weighted by molar-refractivity contribution is 6.33. The number of amides is 1. The second-order valence-corrected chi connectivity index (χ2v) is 5.49. The van der Waals surface area contributed by atoms with Crippen molar-refractivity contribution in [1.29, 1.82) is 0 Å². The van der Waals surface area contributed by atoms with Crippen molar-refractivity contribution in [3.63, 3.8) is 0 Å². The topological polar surface area (TPSA) is 32.8 Å². The number of ether oxygens (including phenoxy) is 1. The summed E-state index contributed by atoms with van der Waals surface area (Å²) < 4.78 is 19.3. The fourth-order valence-electron chi connectivity index (χ4n) is 2.34. The van der Waals surface area contributed by atoms with Crippen molar-refractivity contribution >= 4 is 17.5 Å². The van der Waals surface area contributed by atoms with E-state index in [-0.39, 0.29) is 22.5 Å². The molecule has 1 aromatic carbocycles. The molecule has 1 saturated heterocycles. The Morgan fingerprint density at radius 1 is 1.55 bits per heavy atom. The van der Waals surface area contributed by atoms with Crippen molar-refractivity contribution in [3.8, 4) is 0 Å². The van der Waals surface area contributed by atoms with E-state index in [2.05, 4.69) is 0 Å². The predicted octanol–water partition coefficient (Wildman–Crippen LogP) is 1.88. The zero-order chi connectivity index (χ0) is 14.7. The highest BCUT2D eigenvalue weighted by Gasteiger charge is 2.30. The molecule has 0 bridgehead atoms. The van der Waals surface area contributed by atoms with Crippen LogP contribution in [-0.4, -0.2) is 62.1 Å². The van der Waals surface area contributed by atoms with Gasteiger partial charge in [0.15, 0.2) is 0 Å². The van der Waals surface area contributed by atoms with E-state index in [0.29, 0.717) is 26.3 Å². The number of halogens is 2. The number of morpholine rings is 1. The third-order valence-electron chi connectivity index (χ3n) is 3.24. The third kappa shape index (κ3) is 3.29. The average molecular weight is 301 g/mol. The van der Waals surface area contributed by atoms with Gasteiger partial charge >= 0.3 is 0 Å². The van der Waals surface area contributed by atoms with Crippen LogP contribution in [0.5, 0.6) is 0 Å². The molecule has 1 heterocycles. The maximum atomic E-state index is 13.9. The van der Waals surface area contributed by atoms with E-state index in [1.54, 1.807) is 4.90 Å². The van der Waals surface area contributed by atoms with E-state index in [9.17, 15) is 9.18 Å². The molecule has 0 aromatic heterocycles. The van der Waals surface area contributed by atoms with Crippen LogP contribution in [0.15, 0.2) is 18.2 Å². The van der Waals surface area contributed by atoms with E-state index in [0.717, 1.165) is 0 Å². The first-order valence-corrected chi connectivity index (χ1v) is 6.86. The number of likely N-dealkylation sites (N-methyl/N-ethyl adjacent to an activating group) is 1. The fourth-order valence-corrected chi connectivity index (χ4v) is 2.58. The van der Waals surface area contributed by atoms with Crippen LogP contribution in [-0.2, 0) is 4.74 Å². The summed E-state index contributed by atoms with van der Waals surface area (Å²) in [6.07, 6.45) is 0. The second kappa shape index (κ2) is 6.52. The van der Waals surface area contributed by atoms with E-state index >= 15 is 0 Å². The summed E-state index contributed by atoms with van der Waals surface area (Å²) in [4.78, 5) is 16.2. The Hall–Kier alpha value is -1.17. The van der Waals surface area contributed by atoms with Crippen LogP contribution >= 0.6 is 11.6 Å². The van der Waals surface area contributed by atoms with Gasteiger partial charge in [-0.05, 0) is 26.2 Å². The number of carbonyl (C=O) groups excluding carboxylic acids is 1. The molecule has 4 nitrogen and oxygen atoms in total. The van der Waals surface area contributed by atoms with Crippen LogP contribution in [0.1, 0.15) is 10.4 Å². The van der Waals surface area contributed by atoms with Gasteiger partial charge in [-0.25, -0.2) is 4.39 Å². The lowest BCUT2D eigenvalue weighted by molar-refractivity contribution is -0.00851. The standard InChI is InChI=1S/C14H18ClFN2O2/c1-17(2)8-10-9-20-7-6-18(10)14(19)13-11(15)4-3-5-12(13)16/h3-5,10H,6-9H2,1-2H3. The van der Waals surface area contributed by atoms with E-state index in [1.165, 1.54) is 18.2 Å². The van der Waals surface area contributed by atoms with Crippen LogP contribution < -0.4 is 0 Å². The summed E-state index contributed by atoms with van der Waals surface area (Å²) in [5.41, 5.74) is -0.0557. The number of benzene rings is 1. The average Bonchev–Trinajstić information content (AvgIpc) is 2.38. The molecule has 1 aromatic rings. The summed E-state index contributed by atoms with van der Waals surface area (Å²) in [5, 5.41) is 0.144. The smallest absolute Gasteiger partial charge is 0.258 e. The number of rotatable bonds is 3. The van der Waals surface area contributed by atoms with Crippen molar-refractivity contribution in [2.75, 3.05) is 40.4 Å². The lowest BCUT2D eigenvalue weighted by atomic mass is 10.1. The lowest BCUT2D eigenvalue weighted by Gasteiger charge is -2.37. The summed E-state index contributed by atoms with van der Waals surface area (Å²) in [6, 6.07) is 4.17. The molecule has 2 rings (SSSR count). The van der Waals surface area contributed by atoms with Crippen molar-refractivity contribution in [2.24, 2.45) is 0 Å². The number of carbonyl (C=O) groups is 1. The number of hydrogen-bond donors (Lipinski definition) is 0. The maximum Gasteiger partial charge on any atom is 0.258 e. The zero-order valence-corrected chi connectivity index (χ0v) is 12.4. The number of hydrogen-bond acceptors (Lipinski definition) is 3. The van der Waals surface area contributed by atoms with Gasteiger partial charge in [0.1, 0.15) is 5.82 Å². The van der Waals surface area contributed by atoms with Crippen molar-refractivity contribution in [3.05, 3.63) is 34.6 Å². The van der Waals surface area contributed by atoms with Crippen LogP contribution in [0.3, 0.4) is 0 Å². The quantitative estimate of drug-likeness (QED) is 0.854. The molecule has 1 fully saturated rings. The van der Waals surface area contributed by atoms with Crippen LogP contribution in [0.25, 0.3) is 0 Å². The minimum atomic E-state index is -0.586. The minimum absolute atomic E-state index is 0.0557. The Balaban J connectivity index is 2.25. The van der Waals surface area contributed by atoms with Gasteiger partial charge in [0, 0.05) is 13.1 Å². The van der Waals surface area contributed by atoms with Gasteiger partial charge in [-0.3, -0.25) is 4.79 Å². The molecule has 0 N–H and O–H groups in total. The largest absolute Gasteiger partial charge is 0.377 e. The molecule has 20 heavy (non-hydrogen) atoms. The molecular formula is C14H18ClFN2O2. The van der Waals surface area contributed by atoms with Gasteiger partial charge < -0.3 is 14.5 Å². The normalized spacial score (nSPS) is 19.4. The summed E-state index contributed by atoms with van der Waals surface area (Å²) in [5.74, 6) is -0.958. The molecule has 1 aliphatic heterocycles. The lowest BCUT2D eigenvalue weighted by Crippen LogP contribution is -2.52. The first kappa shape index (κ1) is 15.2. The number of nitrogens with zero attached hydrogens (tertiary/aromatic N) is 2. The molecule has 110 valence electrons. The van der Waals surface area contributed by atoms with Gasteiger partial charge in [-0.15, -0.1) is 0 Å². The Morgan fingerprint density at radius 3 is 2.95 bits per heavy atom. The molecule has 1 aliphatic rings. The minimum Gasteiger partial charge on any atom is -0.377 e. The molecule has 1 unspecified atom stereocenters. The van der Waals surface area contributed by atoms with E-state index in [1.807, 2.05) is 19.0 Å². The van der Waals surface area contributed by atoms with Crippen LogP contribution in [0.4, 0.5) is 4.39 Å². The molecule has 0 radical (unpaired) electrons. The van der Waals surface area contributed by atoms with Crippen LogP contribution in [0, 0.1) is 5.82 Å².